The van der Waals surface area contributed by atoms with Gasteiger partial charge in [0, 0.05) is 29.9 Å². The third-order valence-electron chi connectivity index (χ3n) is 2.17. The SMILES string of the molecule is CNCC=Cc1c[nH]c2nccc(Cl)c12. The lowest BCUT2D eigenvalue weighted by Crippen LogP contribution is -2.03. The van der Waals surface area contributed by atoms with Crippen LogP contribution in [0.4, 0.5) is 0 Å². The van der Waals surface area contributed by atoms with Gasteiger partial charge in [0.15, 0.2) is 0 Å². The molecule has 0 amide bonds. The van der Waals surface area contributed by atoms with E-state index in [9.17, 15) is 0 Å². The van der Waals surface area contributed by atoms with Crippen molar-refractivity contribution in [3.8, 4) is 0 Å². The zero-order chi connectivity index (χ0) is 10.7. The number of likely N-dealkylation sites (N-methyl/N-ethyl adjacent to an activating group) is 1. The van der Waals surface area contributed by atoms with Gasteiger partial charge >= 0.3 is 0 Å². The molecule has 2 aromatic rings. The summed E-state index contributed by atoms with van der Waals surface area (Å²) in [6.07, 6.45) is 7.69. The number of H-pyrrole nitrogens is 1. The topological polar surface area (TPSA) is 40.7 Å². The molecule has 0 aromatic carbocycles. The van der Waals surface area contributed by atoms with E-state index in [2.05, 4.69) is 15.3 Å². The van der Waals surface area contributed by atoms with E-state index in [0.29, 0.717) is 0 Å². The molecule has 0 unspecified atom stereocenters. The van der Waals surface area contributed by atoms with Gasteiger partial charge < -0.3 is 10.3 Å². The predicted octanol–water partition coefficient (Wildman–Crippen LogP) is 2.45. The van der Waals surface area contributed by atoms with Crippen LogP contribution in [0.3, 0.4) is 0 Å². The van der Waals surface area contributed by atoms with E-state index in [4.69, 9.17) is 11.6 Å². The van der Waals surface area contributed by atoms with Gasteiger partial charge in [-0.25, -0.2) is 4.98 Å². The summed E-state index contributed by atoms with van der Waals surface area (Å²) in [4.78, 5) is 7.29. The highest BCUT2D eigenvalue weighted by atomic mass is 35.5. The molecular formula is C11H12ClN3. The predicted molar refractivity (Wildman–Crippen MR) is 64.1 cm³/mol. The Kier molecular flexibility index (Phi) is 3.04. The molecule has 2 heterocycles. The number of pyridine rings is 1. The van der Waals surface area contributed by atoms with Crippen LogP contribution < -0.4 is 5.32 Å². The maximum atomic E-state index is 6.11. The van der Waals surface area contributed by atoms with Crippen LogP contribution in [0.5, 0.6) is 0 Å². The van der Waals surface area contributed by atoms with Crippen molar-refractivity contribution in [2.45, 2.75) is 0 Å². The summed E-state index contributed by atoms with van der Waals surface area (Å²) in [7, 11) is 1.91. The average molecular weight is 222 g/mol. The van der Waals surface area contributed by atoms with Crippen molar-refractivity contribution in [2.24, 2.45) is 0 Å². The molecule has 0 saturated heterocycles. The van der Waals surface area contributed by atoms with Crippen molar-refractivity contribution in [3.05, 3.63) is 35.1 Å². The van der Waals surface area contributed by atoms with Gasteiger partial charge in [-0.15, -0.1) is 0 Å². The third-order valence-corrected chi connectivity index (χ3v) is 2.49. The largest absolute Gasteiger partial charge is 0.345 e. The molecule has 0 radical (unpaired) electrons. The fourth-order valence-electron chi connectivity index (χ4n) is 1.48. The van der Waals surface area contributed by atoms with Crippen LogP contribution in [0.1, 0.15) is 5.56 Å². The van der Waals surface area contributed by atoms with Gasteiger partial charge in [0.2, 0.25) is 0 Å². The fraction of sp³-hybridized carbons (Fsp3) is 0.182. The van der Waals surface area contributed by atoms with Crippen LogP contribution in [0.25, 0.3) is 17.1 Å². The smallest absolute Gasteiger partial charge is 0.139 e. The number of nitrogens with one attached hydrogen (secondary N) is 2. The normalized spacial score (nSPS) is 11.6. The van der Waals surface area contributed by atoms with Crippen LogP contribution in [-0.2, 0) is 0 Å². The lowest BCUT2D eigenvalue weighted by atomic mass is 10.2. The van der Waals surface area contributed by atoms with E-state index >= 15 is 0 Å². The first-order valence-corrected chi connectivity index (χ1v) is 5.13. The molecule has 0 atom stereocenters. The fourth-order valence-corrected chi connectivity index (χ4v) is 1.73. The van der Waals surface area contributed by atoms with E-state index in [1.807, 2.05) is 25.4 Å². The van der Waals surface area contributed by atoms with Crippen molar-refractivity contribution in [2.75, 3.05) is 13.6 Å². The van der Waals surface area contributed by atoms with E-state index in [-0.39, 0.29) is 0 Å². The highest BCUT2D eigenvalue weighted by Crippen LogP contribution is 2.25. The van der Waals surface area contributed by atoms with Gasteiger partial charge in [0.1, 0.15) is 5.65 Å². The number of hydrogen-bond acceptors (Lipinski definition) is 2. The Labute approximate surface area is 93.2 Å². The quantitative estimate of drug-likeness (QED) is 0.836. The maximum Gasteiger partial charge on any atom is 0.139 e. The van der Waals surface area contributed by atoms with Gasteiger partial charge in [-0.1, -0.05) is 23.8 Å². The first kappa shape index (κ1) is 10.2. The molecule has 0 aliphatic carbocycles. The Morgan fingerprint density at radius 3 is 3.27 bits per heavy atom. The van der Waals surface area contributed by atoms with Crippen molar-refractivity contribution < 1.29 is 0 Å². The Bertz CT molecular complexity index is 488. The monoisotopic (exact) mass is 221 g/mol. The van der Waals surface area contributed by atoms with Gasteiger partial charge in [-0.3, -0.25) is 0 Å². The molecule has 15 heavy (non-hydrogen) atoms. The third kappa shape index (κ3) is 2.03. The number of aromatic nitrogens is 2. The summed E-state index contributed by atoms with van der Waals surface area (Å²) < 4.78 is 0. The van der Waals surface area contributed by atoms with Crippen molar-refractivity contribution >= 4 is 28.7 Å². The van der Waals surface area contributed by atoms with E-state index in [1.165, 1.54) is 0 Å². The minimum Gasteiger partial charge on any atom is -0.345 e. The number of rotatable bonds is 3. The molecule has 2 rings (SSSR count). The van der Waals surface area contributed by atoms with Gasteiger partial charge in [-0.05, 0) is 13.1 Å². The summed E-state index contributed by atoms with van der Waals surface area (Å²) in [5.74, 6) is 0. The average Bonchev–Trinajstić information content (AvgIpc) is 2.63. The summed E-state index contributed by atoms with van der Waals surface area (Å²) in [5, 5.41) is 4.75. The molecule has 0 bridgehead atoms. The maximum absolute atomic E-state index is 6.11. The number of fused-ring (bicyclic) bond motifs is 1. The molecule has 2 aromatic heterocycles. The van der Waals surface area contributed by atoms with Crippen LogP contribution in [0.15, 0.2) is 24.5 Å². The van der Waals surface area contributed by atoms with Crippen molar-refractivity contribution in [3.63, 3.8) is 0 Å². The highest BCUT2D eigenvalue weighted by molar-refractivity contribution is 6.35. The minimum absolute atomic E-state index is 0.727. The first-order chi connectivity index (χ1) is 7.33. The Hall–Kier alpha value is -1.32. The lowest BCUT2D eigenvalue weighted by Gasteiger charge is -1.94. The first-order valence-electron chi connectivity index (χ1n) is 4.75. The minimum atomic E-state index is 0.727. The molecule has 4 heteroatoms. The number of nitrogens with zero attached hydrogens (tertiary/aromatic N) is 1. The molecule has 0 spiro atoms. The summed E-state index contributed by atoms with van der Waals surface area (Å²) in [6, 6.07) is 1.80. The number of aromatic amines is 1. The molecule has 78 valence electrons. The lowest BCUT2D eigenvalue weighted by molar-refractivity contribution is 0.922. The zero-order valence-electron chi connectivity index (χ0n) is 8.42. The van der Waals surface area contributed by atoms with Crippen molar-refractivity contribution in [1.82, 2.24) is 15.3 Å². The Morgan fingerprint density at radius 2 is 2.47 bits per heavy atom. The molecule has 0 aliphatic heterocycles. The molecule has 3 nitrogen and oxygen atoms in total. The van der Waals surface area contributed by atoms with Crippen LogP contribution in [0, 0.1) is 0 Å². The molecule has 0 saturated carbocycles. The van der Waals surface area contributed by atoms with Crippen molar-refractivity contribution in [1.29, 1.82) is 0 Å². The van der Waals surface area contributed by atoms with Gasteiger partial charge in [-0.2, -0.15) is 0 Å². The molecular weight excluding hydrogens is 210 g/mol. The van der Waals surface area contributed by atoms with E-state index < -0.39 is 0 Å². The standard InChI is InChI=1S/C11H12ClN3/c1-13-5-2-3-8-7-15-11-10(8)9(12)4-6-14-11/h2-4,6-7,13H,5H2,1H3,(H,14,15). The zero-order valence-corrected chi connectivity index (χ0v) is 9.17. The molecule has 0 aliphatic rings. The number of halogens is 1. The van der Waals surface area contributed by atoms with Gasteiger partial charge in [0.25, 0.3) is 0 Å². The van der Waals surface area contributed by atoms with Crippen LogP contribution in [0.2, 0.25) is 5.02 Å². The second kappa shape index (κ2) is 4.47. The number of hydrogen-bond donors (Lipinski definition) is 2. The van der Waals surface area contributed by atoms with E-state index in [0.717, 1.165) is 28.2 Å². The molecule has 2 N–H and O–H groups in total. The Morgan fingerprint density at radius 1 is 1.60 bits per heavy atom. The highest BCUT2D eigenvalue weighted by Gasteiger charge is 2.05. The van der Waals surface area contributed by atoms with Crippen LogP contribution >= 0.6 is 11.6 Å². The summed E-state index contributed by atoms with van der Waals surface area (Å²) >= 11 is 6.11. The Balaban J connectivity index is 2.44. The van der Waals surface area contributed by atoms with Crippen LogP contribution in [-0.4, -0.2) is 23.6 Å². The molecule has 0 fully saturated rings. The van der Waals surface area contributed by atoms with Gasteiger partial charge in [0.05, 0.1) is 5.02 Å². The summed E-state index contributed by atoms with van der Waals surface area (Å²) in [5.41, 5.74) is 1.89. The second-order valence-corrected chi connectivity index (χ2v) is 3.63. The second-order valence-electron chi connectivity index (χ2n) is 3.22. The summed E-state index contributed by atoms with van der Waals surface area (Å²) in [6.45, 7) is 0.838. The van der Waals surface area contributed by atoms with E-state index in [1.54, 1.807) is 12.3 Å².